The fourth-order valence-corrected chi connectivity index (χ4v) is 6.50. The van der Waals surface area contributed by atoms with E-state index in [0.717, 1.165) is 42.9 Å². The zero-order valence-corrected chi connectivity index (χ0v) is 23.4. The number of oxazole rings is 1. The number of anilines is 2. The van der Waals surface area contributed by atoms with Gasteiger partial charge < -0.3 is 14.2 Å². The Kier molecular flexibility index (Phi) is 7.12. The van der Waals surface area contributed by atoms with Crippen molar-refractivity contribution < 1.29 is 18.8 Å². The molecule has 0 unspecified atom stereocenters. The van der Waals surface area contributed by atoms with Crippen LogP contribution in [0.3, 0.4) is 0 Å². The van der Waals surface area contributed by atoms with Gasteiger partial charge in [-0.25, -0.2) is 9.88 Å². The Balaban J connectivity index is 1.06. The molecule has 10 heteroatoms. The normalized spacial score (nSPS) is 17.6. The van der Waals surface area contributed by atoms with Gasteiger partial charge in [-0.2, -0.15) is 0 Å². The smallest absolute Gasteiger partial charge is 0.247 e. The molecule has 1 aromatic heterocycles. The first-order chi connectivity index (χ1) is 19.4. The predicted molar refractivity (Wildman–Crippen MR) is 161 cm³/mol. The summed E-state index contributed by atoms with van der Waals surface area (Å²) in [5, 5.41) is -0.547. The average Bonchev–Trinajstić information content (AvgIpc) is 3.53. The third kappa shape index (κ3) is 5.12. The average molecular weight is 571 g/mol. The van der Waals surface area contributed by atoms with E-state index in [0.29, 0.717) is 27.0 Å². The Morgan fingerprint density at radius 3 is 2.27 bits per heavy atom. The molecule has 0 spiro atoms. The molecular weight excluding hydrogens is 544 g/mol. The van der Waals surface area contributed by atoms with Crippen LogP contribution in [0.2, 0.25) is 0 Å². The number of carbonyl (C=O) groups excluding carboxylic acids is 3. The van der Waals surface area contributed by atoms with E-state index in [1.54, 1.807) is 31.2 Å². The summed E-state index contributed by atoms with van der Waals surface area (Å²) in [5.74, 6) is 0.0444. The van der Waals surface area contributed by atoms with Gasteiger partial charge >= 0.3 is 0 Å². The predicted octanol–water partition coefficient (Wildman–Crippen LogP) is 5.17. The molecule has 2 fully saturated rings. The molecule has 8 nitrogen and oxygen atoms in total. The van der Waals surface area contributed by atoms with E-state index < -0.39 is 5.25 Å². The minimum absolute atomic E-state index is 0.0502. The van der Waals surface area contributed by atoms with Crippen LogP contribution in [0.5, 0.6) is 0 Å². The van der Waals surface area contributed by atoms with Gasteiger partial charge in [-0.05, 0) is 67.6 Å². The third-order valence-corrected chi connectivity index (χ3v) is 8.85. The van der Waals surface area contributed by atoms with Crippen LogP contribution >= 0.6 is 24.0 Å². The molecule has 0 bridgehead atoms. The van der Waals surface area contributed by atoms with Crippen molar-refractivity contribution in [1.29, 1.82) is 0 Å². The summed E-state index contributed by atoms with van der Waals surface area (Å²) >= 11 is 6.98. The minimum Gasteiger partial charge on any atom is -0.436 e. The van der Waals surface area contributed by atoms with Gasteiger partial charge in [0.2, 0.25) is 17.7 Å². The van der Waals surface area contributed by atoms with E-state index in [2.05, 4.69) is 14.8 Å². The highest BCUT2D eigenvalue weighted by atomic mass is 32.2. The van der Waals surface area contributed by atoms with Gasteiger partial charge in [0.1, 0.15) is 15.1 Å². The quantitative estimate of drug-likeness (QED) is 0.183. The summed E-state index contributed by atoms with van der Waals surface area (Å²) in [4.78, 5) is 47.8. The lowest BCUT2D eigenvalue weighted by molar-refractivity contribution is -0.121. The fourth-order valence-electron chi connectivity index (χ4n) is 4.97. The van der Waals surface area contributed by atoms with Crippen LogP contribution in [0.15, 0.2) is 77.2 Å². The number of hydrogen-bond donors (Lipinski definition) is 0. The number of piperazine rings is 1. The first kappa shape index (κ1) is 26.2. The van der Waals surface area contributed by atoms with E-state index in [-0.39, 0.29) is 24.0 Å². The van der Waals surface area contributed by atoms with Crippen LogP contribution in [0, 0.1) is 0 Å². The summed E-state index contributed by atoms with van der Waals surface area (Å²) in [6.07, 6.45) is 0.110. The third-order valence-electron chi connectivity index (χ3n) is 7.19. The Morgan fingerprint density at radius 1 is 0.925 bits per heavy atom. The molecule has 3 heterocycles. The number of Topliss-reactive ketones (excluding diaryl/α,β-unsaturated/α-hetero) is 1. The maximum atomic E-state index is 13.3. The second-order valence-electron chi connectivity index (χ2n) is 9.75. The molecule has 2 aliphatic heterocycles. The van der Waals surface area contributed by atoms with E-state index in [4.69, 9.17) is 16.6 Å². The molecule has 6 rings (SSSR count). The summed E-state index contributed by atoms with van der Waals surface area (Å²) in [6.45, 7) is 4.55. The number of carbonyl (C=O) groups is 3. The van der Waals surface area contributed by atoms with Crippen molar-refractivity contribution in [2.75, 3.05) is 36.0 Å². The molecule has 4 aromatic rings. The highest BCUT2D eigenvalue weighted by Gasteiger charge is 2.41. The largest absolute Gasteiger partial charge is 0.436 e. The number of amides is 2. The van der Waals surface area contributed by atoms with Crippen molar-refractivity contribution in [2.24, 2.45) is 0 Å². The van der Waals surface area contributed by atoms with Gasteiger partial charge in [0.25, 0.3) is 0 Å². The lowest BCUT2D eigenvalue weighted by Crippen LogP contribution is -2.48. The number of ketones is 1. The second-order valence-corrected chi connectivity index (χ2v) is 11.6. The number of imide groups is 1. The fraction of sp³-hybridized carbons (Fsp3) is 0.233. The van der Waals surface area contributed by atoms with Crippen LogP contribution in [0.1, 0.15) is 23.7 Å². The molecule has 3 aromatic carbocycles. The Bertz CT molecular complexity index is 1580. The van der Waals surface area contributed by atoms with Crippen molar-refractivity contribution in [2.45, 2.75) is 18.6 Å². The van der Waals surface area contributed by atoms with Crippen molar-refractivity contribution >= 4 is 68.4 Å². The number of aromatic nitrogens is 1. The van der Waals surface area contributed by atoms with E-state index in [9.17, 15) is 14.4 Å². The number of hydrogen-bond acceptors (Lipinski definition) is 8. The molecule has 2 saturated heterocycles. The van der Waals surface area contributed by atoms with Gasteiger partial charge in [-0.15, -0.1) is 0 Å². The van der Waals surface area contributed by atoms with Crippen LogP contribution < -0.4 is 9.80 Å². The topological polar surface area (TPSA) is 87.0 Å². The summed E-state index contributed by atoms with van der Waals surface area (Å²) in [6, 6.07) is 22.3. The van der Waals surface area contributed by atoms with Crippen LogP contribution in [0.25, 0.3) is 22.6 Å². The van der Waals surface area contributed by atoms with Gasteiger partial charge in [0, 0.05) is 49.4 Å². The van der Waals surface area contributed by atoms with Gasteiger partial charge in [0.05, 0.1) is 5.69 Å². The summed E-state index contributed by atoms with van der Waals surface area (Å²) in [7, 11) is 0. The van der Waals surface area contributed by atoms with E-state index >= 15 is 0 Å². The van der Waals surface area contributed by atoms with Crippen molar-refractivity contribution in [3.8, 4) is 11.5 Å². The molecule has 0 aliphatic carbocycles. The maximum Gasteiger partial charge on any atom is 0.247 e. The maximum absolute atomic E-state index is 13.3. The molecule has 0 radical (unpaired) electrons. The first-order valence-electron chi connectivity index (χ1n) is 13.0. The number of fused-ring (bicyclic) bond motifs is 1. The standard InChI is InChI=1S/C30H26N4O4S2/c1-19(35)20-6-10-22(11-7-20)32-14-16-33(17-15-32)30(39)40-26-18-27(36)34(29(26)37)23-12-8-21(9-13-23)28-31-24-4-2-3-5-25(24)38-28/h2-13,26H,14-18H2,1H3/t26-/m1/s1. The highest BCUT2D eigenvalue weighted by molar-refractivity contribution is 8.23. The van der Waals surface area contributed by atoms with Crippen molar-refractivity contribution in [3.05, 3.63) is 78.4 Å². The lowest BCUT2D eigenvalue weighted by Gasteiger charge is -2.37. The van der Waals surface area contributed by atoms with Gasteiger partial charge in [-0.1, -0.05) is 36.1 Å². The van der Waals surface area contributed by atoms with Crippen LogP contribution in [-0.4, -0.2) is 63.2 Å². The number of rotatable bonds is 5. The number of benzene rings is 3. The number of para-hydroxylation sites is 2. The molecule has 2 aliphatic rings. The molecule has 40 heavy (non-hydrogen) atoms. The Labute approximate surface area is 240 Å². The molecule has 1 atom stereocenters. The SMILES string of the molecule is CC(=O)c1ccc(N2CCN(C(=S)S[C@@H]3CC(=O)N(c4ccc(-c5nc6ccccc6o5)cc4)C3=O)CC2)cc1. The number of nitrogens with zero attached hydrogens (tertiary/aromatic N) is 4. The Morgan fingerprint density at radius 2 is 1.60 bits per heavy atom. The first-order valence-corrected chi connectivity index (χ1v) is 14.3. The molecule has 2 amide bonds. The van der Waals surface area contributed by atoms with Gasteiger partial charge in [0.15, 0.2) is 11.4 Å². The molecule has 0 N–H and O–H groups in total. The van der Waals surface area contributed by atoms with Crippen molar-refractivity contribution in [3.63, 3.8) is 0 Å². The highest BCUT2D eigenvalue weighted by Crippen LogP contribution is 2.33. The molecule has 202 valence electrons. The summed E-state index contributed by atoms with van der Waals surface area (Å²) in [5.41, 5.74) is 4.52. The van der Waals surface area contributed by atoms with E-state index in [1.165, 1.54) is 16.7 Å². The zero-order chi connectivity index (χ0) is 27.8. The van der Waals surface area contributed by atoms with Crippen molar-refractivity contribution in [1.82, 2.24) is 9.88 Å². The lowest BCUT2D eigenvalue weighted by atomic mass is 10.1. The number of thiocarbonyl (C=S) groups is 1. The van der Waals surface area contributed by atoms with Gasteiger partial charge in [-0.3, -0.25) is 14.4 Å². The van der Waals surface area contributed by atoms with Crippen LogP contribution in [0.4, 0.5) is 11.4 Å². The molecule has 0 saturated carbocycles. The second kappa shape index (κ2) is 10.9. The minimum atomic E-state index is -0.547. The Hall–Kier alpha value is -4.02. The number of thioether (sulfide) groups is 1. The summed E-state index contributed by atoms with van der Waals surface area (Å²) < 4.78 is 6.46. The van der Waals surface area contributed by atoms with Crippen LogP contribution in [-0.2, 0) is 9.59 Å². The molecular formula is C30H26N4O4S2. The monoisotopic (exact) mass is 570 g/mol. The zero-order valence-electron chi connectivity index (χ0n) is 21.8. The van der Waals surface area contributed by atoms with E-state index in [1.807, 2.05) is 48.5 Å².